The molecule has 0 atom stereocenters. The standard InChI is InChI=1S/C24H23BO2S.C2H6/c1-23(2)24(3,4)27-25(26-23)17-10-7-9-16(15-17)18-12-8-13-20-19-11-5-6-14-21(19)28-22(18)20;1-2/h5-15H,1-4H3;1-2H3. The third-order valence-electron chi connectivity index (χ3n) is 6.13. The van der Waals surface area contributed by atoms with Crippen LogP contribution in [-0.4, -0.2) is 18.3 Å². The van der Waals surface area contributed by atoms with Crippen LogP contribution in [0.3, 0.4) is 0 Å². The highest BCUT2D eigenvalue weighted by molar-refractivity contribution is 7.26. The summed E-state index contributed by atoms with van der Waals surface area (Å²) >= 11 is 1.86. The Morgan fingerprint density at radius 1 is 0.733 bits per heavy atom. The topological polar surface area (TPSA) is 18.5 Å². The summed E-state index contributed by atoms with van der Waals surface area (Å²) in [7, 11) is -0.341. The predicted molar refractivity (Wildman–Crippen MR) is 132 cm³/mol. The molecule has 1 saturated heterocycles. The van der Waals surface area contributed by atoms with E-state index >= 15 is 0 Å². The van der Waals surface area contributed by atoms with Crippen LogP contribution in [0.5, 0.6) is 0 Å². The largest absolute Gasteiger partial charge is 0.494 e. The molecular formula is C26H29BO2S. The summed E-state index contributed by atoms with van der Waals surface area (Å²) in [4.78, 5) is 0. The van der Waals surface area contributed by atoms with Crippen LogP contribution in [-0.2, 0) is 9.31 Å². The predicted octanol–water partition coefficient (Wildman–Crippen LogP) is 7.05. The van der Waals surface area contributed by atoms with Gasteiger partial charge < -0.3 is 9.31 Å². The average molecular weight is 416 g/mol. The molecule has 0 unspecified atom stereocenters. The average Bonchev–Trinajstić information content (AvgIpc) is 3.23. The van der Waals surface area contributed by atoms with Crippen molar-refractivity contribution in [2.75, 3.05) is 0 Å². The van der Waals surface area contributed by atoms with Crippen molar-refractivity contribution in [3.63, 3.8) is 0 Å². The molecule has 1 fully saturated rings. The Kier molecular flexibility index (Phi) is 5.52. The molecule has 0 N–H and O–H groups in total. The van der Waals surface area contributed by atoms with Gasteiger partial charge in [0.05, 0.1) is 11.2 Å². The second kappa shape index (κ2) is 7.84. The van der Waals surface area contributed by atoms with E-state index < -0.39 is 0 Å². The van der Waals surface area contributed by atoms with E-state index in [1.807, 2.05) is 25.2 Å². The van der Waals surface area contributed by atoms with E-state index in [-0.39, 0.29) is 18.3 Å². The van der Waals surface area contributed by atoms with E-state index in [0.717, 1.165) is 5.46 Å². The second-order valence-electron chi connectivity index (χ2n) is 8.49. The summed E-state index contributed by atoms with van der Waals surface area (Å²) in [5.41, 5.74) is 2.86. The molecule has 0 aliphatic carbocycles. The Balaban J connectivity index is 0.00000106. The van der Waals surface area contributed by atoms with Crippen molar-refractivity contribution in [1.29, 1.82) is 0 Å². The van der Waals surface area contributed by atoms with Crippen LogP contribution >= 0.6 is 11.3 Å². The Morgan fingerprint density at radius 2 is 1.37 bits per heavy atom. The molecule has 30 heavy (non-hydrogen) atoms. The van der Waals surface area contributed by atoms with E-state index in [1.165, 1.54) is 31.3 Å². The molecule has 154 valence electrons. The van der Waals surface area contributed by atoms with Crippen LogP contribution in [0.15, 0.2) is 66.7 Å². The van der Waals surface area contributed by atoms with Gasteiger partial charge in [-0.2, -0.15) is 0 Å². The first-order valence-corrected chi connectivity index (χ1v) is 11.5. The summed E-state index contributed by atoms with van der Waals surface area (Å²) in [6, 6.07) is 23.8. The summed E-state index contributed by atoms with van der Waals surface area (Å²) in [5.74, 6) is 0. The summed E-state index contributed by atoms with van der Waals surface area (Å²) in [6.45, 7) is 12.4. The number of rotatable bonds is 2. The molecule has 2 nitrogen and oxygen atoms in total. The van der Waals surface area contributed by atoms with E-state index in [0.29, 0.717) is 0 Å². The molecule has 4 aromatic rings. The monoisotopic (exact) mass is 416 g/mol. The fraction of sp³-hybridized carbons (Fsp3) is 0.308. The molecule has 2 heterocycles. The van der Waals surface area contributed by atoms with Crippen molar-refractivity contribution in [3.8, 4) is 11.1 Å². The highest BCUT2D eigenvalue weighted by atomic mass is 32.1. The summed E-state index contributed by atoms with van der Waals surface area (Å²) in [5, 5.41) is 2.64. The van der Waals surface area contributed by atoms with Crippen LogP contribution in [0.25, 0.3) is 31.3 Å². The second-order valence-corrected chi connectivity index (χ2v) is 9.55. The molecule has 0 amide bonds. The van der Waals surface area contributed by atoms with Gasteiger partial charge in [0, 0.05) is 20.2 Å². The van der Waals surface area contributed by atoms with E-state index in [4.69, 9.17) is 9.31 Å². The third-order valence-corrected chi connectivity index (χ3v) is 7.35. The Bertz CT molecular complexity index is 1180. The lowest BCUT2D eigenvalue weighted by atomic mass is 9.78. The maximum Gasteiger partial charge on any atom is 0.494 e. The Morgan fingerprint density at radius 3 is 2.10 bits per heavy atom. The fourth-order valence-corrected chi connectivity index (χ4v) is 5.04. The molecular weight excluding hydrogens is 387 g/mol. The molecule has 0 bridgehead atoms. The number of hydrogen-bond acceptors (Lipinski definition) is 3. The molecule has 0 saturated carbocycles. The maximum absolute atomic E-state index is 6.26. The van der Waals surface area contributed by atoms with Gasteiger partial charge in [-0.1, -0.05) is 74.5 Å². The van der Waals surface area contributed by atoms with E-state index in [2.05, 4.69) is 94.4 Å². The quantitative estimate of drug-likeness (QED) is 0.326. The van der Waals surface area contributed by atoms with Gasteiger partial charge in [0.25, 0.3) is 0 Å². The van der Waals surface area contributed by atoms with Gasteiger partial charge in [0.15, 0.2) is 0 Å². The lowest BCUT2D eigenvalue weighted by Crippen LogP contribution is -2.41. The molecule has 5 rings (SSSR count). The number of benzene rings is 3. The molecule has 3 aromatic carbocycles. The van der Waals surface area contributed by atoms with E-state index in [9.17, 15) is 0 Å². The van der Waals surface area contributed by atoms with Gasteiger partial charge in [-0.25, -0.2) is 0 Å². The van der Waals surface area contributed by atoms with Crippen molar-refractivity contribution in [2.24, 2.45) is 0 Å². The van der Waals surface area contributed by atoms with Crippen LogP contribution in [0.1, 0.15) is 41.5 Å². The fourth-order valence-electron chi connectivity index (χ4n) is 3.81. The summed E-state index contributed by atoms with van der Waals surface area (Å²) < 4.78 is 15.2. The van der Waals surface area contributed by atoms with Crippen molar-refractivity contribution in [1.82, 2.24) is 0 Å². The first kappa shape index (κ1) is 21.1. The zero-order chi connectivity index (χ0) is 21.5. The van der Waals surface area contributed by atoms with Gasteiger partial charge >= 0.3 is 7.12 Å². The Hall–Kier alpha value is -2.14. The van der Waals surface area contributed by atoms with Gasteiger partial charge in [0.1, 0.15) is 0 Å². The first-order chi connectivity index (χ1) is 14.4. The zero-order valence-electron chi connectivity index (χ0n) is 18.7. The first-order valence-electron chi connectivity index (χ1n) is 10.7. The van der Waals surface area contributed by atoms with Gasteiger partial charge in [-0.05, 0) is 50.4 Å². The van der Waals surface area contributed by atoms with Crippen molar-refractivity contribution in [2.45, 2.75) is 52.7 Å². The molecule has 0 radical (unpaired) electrons. The Labute approximate surface area is 184 Å². The lowest BCUT2D eigenvalue weighted by molar-refractivity contribution is 0.00578. The minimum atomic E-state index is -0.341. The van der Waals surface area contributed by atoms with Crippen molar-refractivity contribution >= 4 is 44.1 Å². The minimum absolute atomic E-state index is 0.334. The van der Waals surface area contributed by atoms with Crippen LogP contribution < -0.4 is 5.46 Å². The summed E-state index contributed by atoms with van der Waals surface area (Å²) in [6.07, 6.45) is 0. The third kappa shape index (κ3) is 3.47. The van der Waals surface area contributed by atoms with Crippen molar-refractivity contribution in [3.05, 3.63) is 66.7 Å². The number of fused-ring (bicyclic) bond motifs is 3. The highest BCUT2D eigenvalue weighted by Gasteiger charge is 2.51. The van der Waals surface area contributed by atoms with Gasteiger partial charge in [-0.3, -0.25) is 0 Å². The van der Waals surface area contributed by atoms with Crippen LogP contribution in [0.2, 0.25) is 0 Å². The number of thiophene rings is 1. The van der Waals surface area contributed by atoms with Gasteiger partial charge in [0.2, 0.25) is 0 Å². The molecule has 0 spiro atoms. The van der Waals surface area contributed by atoms with Crippen LogP contribution in [0.4, 0.5) is 0 Å². The minimum Gasteiger partial charge on any atom is -0.399 e. The van der Waals surface area contributed by atoms with Gasteiger partial charge in [-0.15, -0.1) is 11.3 Å². The molecule has 1 aliphatic heterocycles. The smallest absolute Gasteiger partial charge is 0.399 e. The zero-order valence-corrected chi connectivity index (χ0v) is 19.5. The maximum atomic E-state index is 6.26. The molecule has 1 aromatic heterocycles. The van der Waals surface area contributed by atoms with E-state index in [1.54, 1.807) is 0 Å². The normalized spacial score (nSPS) is 17.2. The molecule has 4 heteroatoms. The van der Waals surface area contributed by atoms with Crippen LogP contribution in [0, 0.1) is 0 Å². The SMILES string of the molecule is CC.CC1(C)OB(c2cccc(-c3cccc4c3sc3ccccc34)c2)OC1(C)C. The molecule has 1 aliphatic rings. The lowest BCUT2D eigenvalue weighted by Gasteiger charge is -2.32. The number of hydrogen-bond donors (Lipinski definition) is 0. The van der Waals surface area contributed by atoms with Crippen molar-refractivity contribution < 1.29 is 9.31 Å². The highest BCUT2D eigenvalue weighted by Crippen LogP contribution is 2.40.